The summed E-state index contributed by atoms with van der Waals surface area (Å²) < 4.78 is 37.1. The van der Waals surface area contributed by atoms with Crippen LogP contribution in [0.3, 0.4) is 0 Å². The van der Waals surface area contributed by atoms with E-state index >= 15 is 0 Å². The summed E-state index contributed by atoms with van der Waals surface area (Å²) >= 11 is 0. The molecule has 0 aliphatic carbocycles. The zero-order chi connectivity index (χ0) is 18.4. The van der Waals surface area contributed by atoms with E-state index in [4.69, 9.17) is 9.47 Å². The fraction of sp³-hybridized carbons (Fsp3) is 0.316. The molecule has 25 heavy (non-hydrogen) atoms. The Balaban J connectivity index is 1.94. The van der Waals surface area contributed by atoms with Crippen LogP contribution >= 0.6 is 0 Å². The first kappa shape index (κ1) is 18.7. The van der Waals surface area contributed by atoms with Gasteiger partial charge in [-0.15, -0.1) is 0 Å². The van der Waals surface area contributed by atoms with Gasteiger partial charge in [-0.3, -0.25) is 4.79 Å². The monoisotopic (exact) mass is 349 g/mol. The Morgan fingerprint density at radius 3 is 2.44 bits per heavy atom. The van der Waals surface area contributed by atoms with E-state index in [9.17, 15) is 13.6 Å². The van der Waals surface area contributed by atoms with Crippen LogP contribution < -0.4 is 14.8 Å². The Hall–Kier alpha value is -2.63. The minimum absolute atomic E-state index is 0.217. The van der Waals surface area contributed by atoms with Crippen molar-refractivity contribution in [3.63, 3.8) is 0 Å². The summed E-state index contributed by atoms with van der Waals surface area (Å²) in [6.07, 6.45) is 0.743. The van der Waals surface area contributed by atoms with Crippen molar-refractivity contribution >= 4 is 5.91 Å². The van der Waals surface area contributed by atoms with E-state index in [2.05, 4.69) is 5.32 Å². The van der Waals surface area contributed by atoms with E-state index in [1.165, 1.54) is 12.1 Å². The van der Waals surface area contributed by atoms with Gasteiger partial charge in [-0.2, -0.15) is 0 Å². The predicted octanol–water partition coefficient (Wildman–Crippen LogP) is 3.79. The second kappa shape index (κ2) is 8.46. The number of benzene rings is 2. The lowest BCUT2D eigenvalue weighted by atomic mass is 10.1. The summed E-state index contributed by atoms with van der Waals surface area (Å²) in [5.41, 5.74) is 1.18. The molecule has 1 unspecified atom stereocenters. The molecular formula is C19H21F2NO3. The Morgan fingerprint density at radius 2 is 1.80 bits per heavy atom. The SMILES string of the molecule is COc1ccc(CCC(=O)NC(C)c2ccc(F)cc2F)cc1OC. The number of hydrogen-bond acceptors (Lipinski definition) is 3. The first-order chi connectivity index (χ1) is 11.9. The second-order valence-electron chi connectivity index (χ2n) is 5.64. The van der Waals surface area contributed by atoms with Crippen molar-refractivity contribution in [2.75, 3.05) is 14.2 Å². The number of ether oxygens (including phenoxy) is 2. The Labute approximate surface area is 145 Å². The van der Waals surface area contributed by atoms with Gasteiger partial charge in [0.05, 0.1) is 20.3 Å². The Kier molecular flexibility index (Phi) is 6.33. The van der Waals surface area contributed by atoms with E-state index in [0.717, 1.165) is 11.6 Å². The first-order valence-electron chi connectivity index (χ1n) is 7.89. The lowest BCUT2D eigenvalue weighted by Gasteiger charge is -2.15. The fourth-order valence-electron chi connectivity index (χ4n) is 2.54. The Morgan fingerprint density at radius 1 is 1.08 bits per heavy atom. The van der Waals surface area contributed by atoms with Gasteiger partial charge in [-0.25, -0.2) is 8.78 Å². The summed E-state index contributed by atoms with van der Waals surface area (Å²) in [7, 11) is 3.11. The van der Waals surface area contributed by atoms with Gasteiger partial charge >= 0.3 is 0 Å². The molecule has 2 aromatic carbocycles. The van der Waals surface area contributed by atoms with Crippen LogP contribution in [0, 0.1) is 11.6 Å². The number of rotatable bonds is 7. The Bertz CT molecular complexity index is 749. The molecule has 6 heteroatoms. The molecule has 1 atom stereocenters. The zero-order valence-electron chi connectivity index (χ0n) is 14.4. The van der Waals surface area contributed by atoms with Gasteiger partial charge in [-0.05, 0) is 37.1 Å². The zero-order valence-corrected chi connectivity index (χ0v) is 14.4. The average Bonchev–Trinajstić information content (AvgIpc) is 2.59. The average molecular weight is 349 g/mol. The first-order valence-corrected chi connectivity index (χ1v) is 7.89. The number of methoxy groups -OCH3 is 2. The summed E-state index contributed by atoms with van der Waals surface area (Å²) in [6.45, 7) is 1.66. The number of aryl methyl sites for hydroxylation is 1. The van der Waals surface area contributed by atoms with Gasteiger partial charge in [0.25, 0.3) is 0 Å². The molecule has 1 amide bonds. The number of carbonyl (C=O) groups is 1. The molecule has 0 aliphatic rings. The van der Waals surface area contributed by atoms with Crippen molar-refractivity contribution in [1.29, 1.82) is 0 Å². The molecule has 2 aromatic rings. The van der Waals surface area contributed by atoms with Crippen molar-refractivity contribution in [2.45, 2.75) is 25.8 Å². The second-order valence-corrected chi connectivity index (χ2v) is 5.64. The molecule has 1 N–H and O–H groups in total. The summed E-state index contributed by atoms with van der Waals surface area (Å²) in [6, 6.07) is 8.23. The van der Waals surface area contributed by atoms with Crippen molar-refractivity contribution in [2.24, 2.45) is 0 Å². The molecule has 0 heterocycles. The topological polar surface area (TPSA) is 47.6 Å². The summed E-state index contributed by atoms with van der Waals surface area (Å²) in [4.78, 5) is 12.1. The van der Waals surface area contributed by atoms with Crippen LogP contribution in [-0.2, 0) is 11.2 Å². The molecule has 4 nitrogen and oxygen atoms in total. The minimum Gasteiger partial charge on any atom is -0.493 e. The molecule has 0 aliphatic heterocycles. The quantitative estimate of drug-likeness (QED) is 0.827. The van der Waals surface area contributed by atoms with Crippen LogP contribution in [0.1, 0.15) is 30.5 Å². The minimum atomic E-state index is -0.673. The van der Waals surface area contributed by atoms with Crippen molar-refractivity contribution in [3.8, 4) is 11.5 Å². The molecule has 0 aromatic heterocycles. The van der Waals surface area contributed by atoms with Crippen molar-refractivity contribution < 1.29 is 23.0 Å². The van der Waals surface area contributed by atoms with Crippen LogP contribution in [0.5, 0.6) is 11.5 Å². The highest BCUT2D eigenvalue weighted by atomic mass is 19.1. The van der Waals surface area contributed by atoms with Crippen LogP contribution in [0.25, 0.3) is 0 Å². The maximum Gasteiger partial charge on any atom is 0.220 e. The summed E-state index contributed by atoms with van der Waals surface area (Å²) in [5.74, 6) is -0.315. The molecule has 0 saturated carbocycles. The summed E-state index contributed by atoms with van der Waals surface area (Å²) in [5, 5.41) is 2.72. The molecule has 134 valence electrons. The predicted molar refractivity (Wildman–Crippen MR) is 90.8 cm³/mol. The van der Waals surface area contributed by atoms with Gasteiger partial charge < -0.3 is 14.8 Å². The number of nitrogens with one attached hydrogen (secondary N) is 1. The molecular weight excluding hydrogens is 328 g/mol. The van der Waals surface area contributed by atoms with E-state index in [1.807, 2.05) is 12.1 Å². The van der Waals surface area contributed by atoms with E-state index in [-0.39, 0.29) is 17.9 Å². The maximum atomic E-state index is 13.7. The molecule has 0 bridgehead atoms. The van der Waals surface area contributed by atoms with E-state index in [1.54, 1.807) is 27.2 Å². The van der Waals surface area contributed by atoms with Crippen molar-refractivity contribution in [3.05, 3.63) is 59.2 Å². The van der Waals surface area contributed by atoms with Crippen LogP contribution in [0.4, 0.5) is 8.78 Å². The third-order valence-corrected chi connectivity index (χ3v) is 3.90. The number of hydrogen-bond donors (Lipinski definition) is 1. The fourth-order valence-corrected chi connectivity index (χ4v) is 2.54. The van der Waals surface area contributed by atoms with Crippen molar-refractivity contribution in [1.82, 2.24) is 5.32 Å². The molecule has 2 rings (SSSR count). The van der Waals surface area contributed by atoms with Gasteiger partial charge in [-0.1, -0.05) is 12.1 Å². The number of amides is 1. The highest BCUT2D eigenvalue weighted by Crippen LogP contribution is 2.28. The third-order valence-electron chi connectivity index (χ3n) is 3.90. The number of halogens is 2. The maximum absolute atomic E-state index is 13.7. The van der Waals surface area contributed by atoms with Crippen LogP contribution in [0.15, 0.2) is 36.4 Å². The standard InChI is InChI=1S/C19H21F2NO3/c1-12(15-7-6-14(20)11-16(15)21)22-19(23)9-5-13-4-8-17(24-2)18(10-13)25-3/h4,6-8,10-12H,5,9H2,1-3H3,(H,22,23). The number of carbonyl (C=O) groups excluding carboxylic acids is 1. The van der Waals surface area contributed by atoms with Gasteiger partial charge in [0.2, 0.25) is 5.91 Å². The third kappa shape index (κ3) is 4.92. The van der Waals surface area contributed by atoms with Gasteiger partial charge in [0.1, 0.15) is 11.6 Å². The smallest absolute Gasteiger partial charge is 0.220 e. The lowest BCUT2D eigenvalue weighted by Crippen LogP contribution is -2.27. The molecule has 0 radical (unpaired) electrons. The van der Waals surface area contributed by atoms with Crippen LogP contribution in [-0.4, -0.2) is 20.1 Å². The lowest BCUT2D eigenvalue weighted by molar-refractivity contribution is -0.121. The van der Waals surface area contributed by atoms with Crippen LogP contribution in [0.2, 0.25) is 0 Å². The molecule has 0 spiro atoms. The highest BCUT2D eigenvalue weighted by Gasteiger charge is 2.14. The molecule has 0 saturated heterocycles. The normalized spacial score (nSPS) is 11.7. The molecule has 0 fully saturated rings. The largest absolute Gasteiger partial charge is 0.493 e. The van der Waals surface area contributed by atoms with Gasteiger partial charge in [0, 0.05) is 18.1 Å². The highest BCUT2D eigenvalue weighted by molar-refractivity contribution is 5.76. The van der Waals surface area contributed by atoms with E-state index < -0.39 is 17.7 Å². The van der Waals surface area contributed by atoms with E-state index in [0.29, 0.717) is 17.9 Å². The van der Waals surface area contributed by atoms with Gasteiger partial charge in [0.15, 0.2) is 11.5 Å².